The normalized spacial score (nSPS) is 10.3. The lowest BCUT2D eigenvalue weighted by atomic mass is 10.1. The predicted octanol–water partition coefficient (Wildman–Crippen LogP) is 3.07. The fourth-order valence-electron chi connectivity index (χ4n) is 1.32. The molecule has 0 N–H and O–H groups in total. The minimum Gasteiger partial charge on any atom is -0.298 e. The van der Waals surface area contributed by atoms with E-state index in [1.807, 2.05) is 6.92 Å². The van der Waals surface area contributed by atoms with Gasteiger partial charge in [0.05, 0.1) is 15.4 Å². The summed E-state index contributed by atoms with van der Waals surface area (Å²) in [6, 6.07) is 4.77. The second-order valence-corrected chi connectivity index (χ2v) is 4.30. The van der Waals surface area contributed by atoms with Crippen molar-refractivity contribution in [2.24, 2.45) is 0 Å². The molecule has 0 amide bonds. The molecule has 0 aliphatic rings. The summed E-state index contributed by atoms with van der Waals surface area (Å²) in [7, 11) is 0. The number of thiazole rings is 1. The van der Waals surface area contributed by atoms with Crippen molar-refractivity contribution in [1.29, 1.82) is 0 Å². The largest absolute Gasteiger partial charge is 0.298 e. The van der Waals surface area contributed by atoms with Gasteiger partial charge in [-0.15, -0.1) is 11.3 Å². The van der Waals surface area contributed by atoms with Gasteiger partial charge >= 0.3 is 0 Å². The first kappa shape index (κ1) is 9.98. The molecule has 0 unspecified atom stereocenters. The Bertz CT molecular complexity index is 507. The number of hydrogen-bond acceptors (Lipinski definition) is 3. The topological polar surface area (TPSA) is 30.0 Å². The first-order valence-corrected chi connectivity index (χ1v) is 5.20. The van der Waals surface area contributed by atoms with Gasteiger partial charge in [-0.2, -0.15) is 0 Å². The number of benzene rings is 1. The summed E-state index contributed by atoms with van der Waals surface area (Å²) in [5.74, 6) is -0.476. The first-order chi connectivity index (χ1) is 7.22. The van der Waals surface area contributed by atoms with Crippen LogP contribution in [0.2, 0.25) is 0 Å². The molecule has 0 aliphatic heterocycles. The number of aldehydes is 1. The van der Waals surface area contributed by atoms with Crippen LogP contribution in [0.15, 0.2) is 24.4 Å². The third kappa shape index (κ3) is 1.80. The molecule has 1 aromatic heterocycles. The van der Waals surface area contributed by atoms with Crippen molar-refractivity contribution in [2.45, 2.75) is 6.92 Å². The summed E-state index contributed by atoms with van der Waals surface area (Å²) in [6.45, 7) is 1.86. The molecule has 0 fully saturated rings. The molecule has 4 heteroatoms. The van der Waals surface area contributed by atoms with Crippen molar-refractivity contribution >= 4 is 17.6 Å². The van der Waals surface area contributed by atoms with Gasteiger partial charge in [-0.25, -0.2) is 9.37 Å². The van der Waals surface area contributed by atoms with Crippen LogP contribution in [-0.4, -0.2) is 11.3 Å². The van der Waals surface area contributed by atoms with Crippen LogP contribution < -0.4 is 0 Å². The average molecular weight is 221 g/mol. The highest BCUT2D eigenvalue weighted by atomic mass is 32.1. The fourth-order valence-corrected chi connectivity index (χ4v) is 2.11. The van der Waals surface area contributed by atoms with Gasteiger partial charge in [0.2, 0.25) is 0 Å². The van der Waals surface area contributed by atoms with E-state index in [0.29, 0.717) is 11.8 Å². The number of aromatic nitrogens is 1. The highest BCUT2D eigenvalue weighted by Crippen LogP contribution is 2.28. The molecular weight excluding hydrogens is 213 g/mol. The standard InChI is InChI=1S/C11H8FNOS/c1-7-13-5-10(15-7)9-4-2-3-8(6-14)11(9)12/h2-6H,1H3. The van der Waals surface area contributed by atoms with Crippen LogP contribution in [0.1, 0.15) is 15.4 Å². The molecule has 0 saturated heterocycles. The summed E-state index contributed by atoms with van der Waals surface area (Å²) < 4.78 is 13.7. The Morgan fingerprint density at radius 2 is 2.27 bits per heavy atom. The monoisotopic (exact) mass is 221 g/mol. The van der Waals surface area contributed by atoms with Crippen molar-refractivity contribution < 1.29 is 9.18 Å². The Morgan fingerprint density at radius 3 is 2.87 bits per heavy atom. The van der Waals surface area contributed by atoms with Crippen molar-refractivity contribution in [3.05, 3.63) is 40.8 Å². The molecule has 0 spiro atoms. The lowest BCUT2D eigenvalue weighted by molar-refractivity contribution is 0.112. The van der Waals surface area contributed by atoms with E-state index in [9.17, 15) is 9.18 Å². The maximum Gasteiger partial charge on any atom is 0.153 e. The Hall–Kier alpha value is -1.55. The van der Waals surface area contributed by atoms with E-state index in [0.717, 1.165) is 9.88 Å². The van der Waals surface area contributed by atoms with Crippen LogP contribution in [-0.2, 0) is 0 Å². The molecule has 0 radical (unpaired) electrons. The molecule has 2 nitrogen and oxygen atoms in total. The maximum atomic E-state index is 13.7. The quantitative estimate of drug-likeness (QED) is 0.729. The Labute approximate surface area is 90.4 Å². The van der Waals surface area contributed by atoms with Gasteiger partial charge in [0.15, 0.2) is 6.29 Å². The molecule has 0 bridgehead atoms. The fraction of sp³-hybridized carbons (Fsp3) is 0.0909. The van der Waals surface area contributed by atoms with Gasteiger partial charge < -0.3 is 0 Å². The zero-order valence-electron chi connectivity index (χ0n) is 8.03. The number of rotatable bonds is 2. The molecule has 0 aliphatic carbocycles. The number of halogens is 1. The second kappa shape index (κ2) is 3.90. The van der Waals surface area contributed by atoms with Crippen LogP contribution in [0.25, 0.3) is 10.4 Å². The van der Waals surface area contributed by atoms with Crippen molar-refractivity contribution in [3.8, 4) is 10.4 Å². The lowest BCUT2D eigenvalue weighted by Crippen LogP contribution is -1.89. The predicted molar refractivity (Wildman–Crippen MR) is 57.6 cm³/mol. The Morgan fingerprint density at radius 1 is 1.47 bits per heavy atom. The zero-order valence-corrected chi connectivity index (χ0v) is 8.84. The van der Waals surface area contributed by atoms with Gasteiger partial charge in [0, 0.05) is 11.8 Å². The number of aryl methyl sites for hydroxylation is 1. The molecule has 2 aromatic rings. The SMILES string of the molecule is Cc1ncc(-c2cccc(C=O)c2F)s1. The molecule has 1 heterocycles. The van der Waals surface area contributed by atoms with Crippen LogP contribution in [0.3, 0.4) is 0 Å². The number of carbonyl (C=O) groups is 1. The number of nitrogens with zero attached hydrogens (tertiary/aromatic N) is 1. The van der Waals surface area contributed by atoms with E-state index in [1.165, 1.54) is 17.4 Å². The minimum absolute atomic E-state index is 0.0820. The summed E-state index contributed by atoms with van der Waals surface area (Å²) >= 11 is 1.41. The molecule has 0 atom stereocenters. The van der Waals surface area contributed by atoms with Gasteiger partial charge in [0.25, 0.3) is 0 Å². The summed E-state index contributed by atoms with van der Waals surface area (Å²) in [5, 5.41) is 0.876. The Kier molecular flexibility index (Phi) is 2.60. The third-order valence-corrected chi connectivity index (χ3v) is 2.99. The van der Waals surface area contributed by atoms with Crippen LogP contribution in [0, 0.1) is 12.7 Å². The summed E-state index contributed by atoms with van der Waals surface area (Å²) in [4.78, 5) is 15.4. The zero-order chi connectivity index (χ0) is 10.8. The van der Waals surface area contributed by atoms with Crippen molar-refractivity contribution in [2.75, 3.05) is 0 Å². The van der Waals surface area contributed by atoms with Crippen LogP contribution in [0.4, 0.5) is 4.39 Å². The first-order valence-electron chi connectivity index (χ1n) is 4.39. The van der Waals surface area contributed by atoms with Gasteiger partial charge in [0.1, 0.15) is 5.82 Å². The smallest absolute Gasteiger partial charge is 0.153 e. The van der Waals surface area contributed by atoms with E-state index < -0.39 is 5.82 Å². The maximum absolute atomic E-state index is 13.7. The van der Waals surface area contributed by atoms with E-state index in [1.54, 1.807) is 18.3 Å². The molecule has 0 saturated carbocycles. The van der Waals surface area contributed by atoms with E-state index in [-0.39, 0.29) is 5.56 Å². The van der Waals surface area contributed by atoms with Gasteiger partial charge in [-0.3, -0.25) is 4.79 Å². The Balaban J connectivity index is 2.58. The molecular formula is C11H8FNOS. The second-order valence-electron chi connectivity index (χ2n) is 3.07. The molecule has 2 rings (SSSR count). The molecule has 76 valence electrons. The van der Waals surface area contributed by atoms with Crippen molar-refractivity contribution in [3.63, 3.8) is 0 Å². The third-order valence-electron chi connectivity index (χ3n) is 2.04. The highest BCUT2D eigenvalue weighted by molar-refractivity contribution is 7.15. The summed E-state index contributed by atoms with van der Waals surface area (Å²) in [5.41, 5.74) is 0.517. The number of carbonyl (C=O) groups excluding carboxylic acids is 1. The highest BCUT2D eigenvalue weighted by Gasteiger charge is 2.10. The van der Waals surface area contributed by atoms with E-state index >= 15 is 0 Å². The van der Waals surface area contributed by atoms with E-state index in [4.69, 9.17) is 0 Å². The van der Waals surface area contributed by atoms with E-state index in [2.05, 4.69) is 4.98 Å². The van der Waals surface area contributed by atoms with Crippen LogP contribution in [0.5, 0.6) is 0 Å². The summed E-state index contributed by atoms with van der Waals surface area (Å²) in [6.07, 6.45) is 2.14. The average Bonchev–Trinajstić information content (AvgIpc) is 2.65. The van der Waals surface area contributed by atoms with Gasteiger partial charge in [-0.1, -0.05) is 12.1 Å². The van der Waals surface area contributed by atoms with Crippen LogP contribution >= 0.6 is 11.3 Å². The molecule has 15 heavy (non-hydrogen) atoms. The molecule has 1 aromatic carbocycles. The number of hydrogen-bond donors (Lipinski definition) is 0. The van der Waals surface area contributed by atoms with Crippen molar-refractivity contribution in [1.82, 2.24) is 4.98 Å². The van der Waals surface area contributed by atoms with Gasteiger partial charge in [-0.05, 0) is 13.0 Å². The lowest BCUT2D eigenvalue weighted by Gasteiger charge is -2.00. The minimum atomic E-state index is -0.476.